The van der Waals surface area contributed by atoms with Crippen LogP contribution >= 0.6 is 0 Å². The molecule has 0 spiro atoms. The molecule has 1 N–H and O–H groups in total. The molecule has 0 saturated heterocycles. The summed E-state index contributed by atoms with van der Waals surface area (Å²) >= 11 is 0. The van der Waals surface area contributed by atoms with E-state index in [1.54, 1.807) is 14.2 Å². The first-order valence-corrected chi connectivity index (χ1v) is 9.92. The van der Waals surface area contributed by atoms with Gasteiger partial charge in [-0.2, -0.15) is 0 Å². The van der Waals surface area contributed by atoms with E-state index in [1.807, 2.05) is 36.4 Å². The number of nitrogens with zero attached hydrogens (tertiary/aromatic N) is 1. The summed E-state index contributed by atoms with van der Waals surface area (Å²) in [4.78, 5) is 2.26. The zero-order valence-electron chi connectivity index (χ0n) is 16.9. The van der Waals surface area contributed by atoms with E-state index < -0.39 is 6.10 Å². The Morgan fingerprint density at radius 3 is 2.45 bits per heavy atom. The van der Waals surface area contributed by atoms with Gasteiger partial charge in [-0.3, -0.25) is 4.90 Å². The van der Waals surface area contributed by atoms with Crippen LogP contribution in [0.2, 0.25) is 0 Å². The second-order valence-electron chi connectivity index (χ2n) is 7.40. The minimum absolute atomic E-state index is 0.267. The van der Waals surface area contributed by atoms with Crippen LogP contribution in [-0.4, -0.2) is 50.0 Å². The first-order chi connectivity index (χ1) is 14.2. The molecule has 0 aromatic heterocycles. The molecule has 5 heteroatoms. The third kappa shape index (κ3) is 4.31. The van der Waals surface area contributed by atoms with Crippen LogP contribution in [0.5, 0.6) is 17.2 Å². The van der Waals surface area contributed by atoms with Gasteiger partial charge in [-0.25, -0.2) is 0 Å². The van der Waals surface area contributed by atoms with Crippen molar-refractivity contribution in [1.82, 2.24) is 4.90 Å². The number of fused-ring (bicyclic) bond motifs is 2. The molecular formula is C24H27NO4. The Kier molecular flexibility index (Phi) is 5.88. The molecule has 3 aromatic rings. The average Bonchev–Trinajstić information content (AvgIpc) is 2.76. The molecule has 4 rings (SSSR count). The summed E-state index contributed by atoms with van der Waals surface area (Å²) in [6.07, 6.45) is 0.364. The Morgan fingerprint density at radius 1 is 0.931 bits per heavy atom. The van der Waals surface area contributed by atoms with E-state index in [1.165, 1.54) is 11.1 Å². The molecule has 0 bridgehead atoms. The molecule has 0 saturated carbocycles. The molecule has 1 unspecified atom stereocenters. The molecule has 0 fully saturated rings. The number of hydrogen-bond acceptors (Lipinski definition) is 5. The Balaban J connectivity index is 1.37. The number of benzene rings is 3. The van der Waals surface area contributed by atoms with Crippen LogP contribution in [0.25, 0.3) is 10.8 Å². The first-order valence-electron chi connectivity index (χ1n) is 9.92. The number of hydrogen-bond donors (Lipinski definition) is 1. The fraction of sp³-hybridized carbons (Fsp3) is 0.333. The number of rotatable bonds is 7. The van der Waals surface area contributed by atoms with Gasteiger partial charge >= 0.3 is 0 Å². The third-order valence-electron chi connectivity index (χ3n) is 5.45. The summed E-state index contributed by atoms with van der Waals surface area (Å²) in [6.45, 7) is 2.51. The molecule has 0 aliphatic carbocycles. The van der Waals surface area contributed by atoms with Crippen molar-refractivity contribution in [3.8, 4) is 17.2 Å². The largest absolute Gasteiger partial charge is 0.493 e. The fourth-order valence-corrected chi connectivity index (χ4v) is 3.96. The van der Waals surface area contributed by atoms with Crippen molar-refractivity contribution in [2.24, 2.45) is 0 Å². The first kappa shape index (κ1) is 19.6. The SMILES string of the molecule is COc1cc2c(cc1OC)CN(CC(O)COc1cccc3ccccc13)CC2. The lowest BCUT2D eigenvalue weighted by Crippen LogP contribution is -2.38. The molecule has 1 heterocycles. The Morgan fingerprint density at radius 2 is 1.66 bits per heavy atom. The fourth-order valence-electron chi connectivity index (χ4n) is 3.96. The van der Waals surface area contributed by atoms with Crippen LogP contribution < -0.4 is 14.2 Å². The number of ether oxygens (including phenoxy) is 3. The van der Waals surface area contributed by atoms with Crippen molar-refractivity contribution in [2.45, 2.75) is 19.1 Å². The average molecular weight is 393 g/mol. The van der Waals surface area contributed by atoms with Gasteiger partial charge < -0.3 is 19.3 Å². The van der Waals surface area contributed by atoms with Gasteiger partial charge in [0.1, 0.15) is 18.5 Å². The van der Waals surface area contributed by atoms with Crippen LogP contribution in [0.4, 0.5) is 0 Å². The smallest absolute Gasteiger partial charge is 0.161 e. The monoisotopic (exact) mass is 393 g/mol. The molecule has 1 aliphatic rings. The van der Waals surface area contributed by atoms with E-state index in [4.69, 9.17) is 14.2 Å². The lowest BCUT2D eigenvalue weighted by Gasteiger charge is -2.31. The lowest BCUT2D eigenvalue weighted by molar-refractivity contribution is 0.0642. The van der Waals surface area contributed by atoms with Crippen molar-refractivity contribution in [3.63, 3.8) is 0 Å². The molecule has 152 valence electrons. The van der Waals surface area contributed by atoms with Gasteiger partial charge in [-0.1, -0.05) is 36.4 Å². The summed E-state index contributed by atoms with van der Waals surface area (Å²) in [5.41, 5.74) is 2.50. The number of aliphatic hydroxyl groups excluding tert-OH is 1. The van der Waals surface area contributed by atoms with Crippen molar-refractivity contribution in [3.05, 3.63) is 65.7 Å². The van der Waals surface area contributed by atoms with Gasteiger partial charge in [-0.05, 0) is 41.1 Å². The number of β-amino-alcohol motifs (C(OH)–C–C–N with tert-alkyl or cyclic N) is 1. The van der Waals surface area contributed by atoms with Gasteiger partial charge in [0.25, 0.3) is 0 Å². The highest BCUT2D eigenvalue weighted by atomic mass is 16.5. The second kappa shape index (κ2) is 8.72. The molecule has 5 nitrogen and oxygen atoms in total. The number of aliphatic hydroxyl groups is 1. The molecule has 0 amide bonds. The van der Waals surface area contributed by atoms with Crippen LogP contribution in [0.1, 0.15) is 11.1 Å². The maximum Gasteiger partial charge on any atom is 0.161 e. The Bertz CT molecular complexity index is 983. The van der Waals surface area contributed by atoms with Crippen molar-refractivity contribution in [1.29, 1.82) is 0 Å². The van der Waals surface area contributed by atoms with E-state index in [0.717, 1.165) is 47.5 Å². The van der Waals surface area contributed by atoms with Gasteiger partial charge in [0, 0.05) is 25.0 Å². The molecule has 0 radical (unpaired) electrons. The van der Waals surface area contributed by atoms with Gasteiger partial charge in [0.05, 0.1) is 14.2 Å². The van der Waals surface area contributed by atoms with Gasteiger partial charge in [0.15, 0.2) is 11.5 Å². The predicted molar refractivity (Wildman–Crippen MR) is 114 cm³/mol. The summed E-state index contributed by atoms with van der Waals surface area (Å²) in [7, 11) is 3.31. The molecular weight excluding hydrogens is 366 g/mol. The third-order valence-corrected chi connectivity index (χ3v) is 5.45. The topological polar surface area (TPSA) is 51.2 Å². The highest BCUT2D eigenvalue weighted by Crippen LogP contribution is 2.33. The van der Waals surface area contributed by atoms with E-state index in [0.29, 0.717) is 6.54 Å². The summed E-state index contributed by atoms with van der Waals surface area (Å²) in [5, 5.41) is 12.8. The standard InChI is InChI=1S/C24H27NO4/c1-27-23-12-18-10-11-25(14-19(18)13-24(23)28-2)15-20(26)16-29-22-9-5-7-17-6-3-4-8-21(17)22/h3-9,12-13,20,26H,10-11,14-16H2,1-2H3. The normalized spacial score (nSPS) is 15.0. The Hall–Kier alpha value is -2.76. The zero-order chi connectivity index (χ0) is 20.2. The number of methoxy groups -OCH3 is 2. The van der Waals surface area contributed by atoms with Crippen molar-refractivity contribution in [2.75, 3.05) is 33.9 Å². The van der Waals surface area contributed by atoms with E-state index in [-0.39, 0.29) is 6.61 Å². The second-order valence-corrected chi connectivity index (χ2v) is 7.40. The zero-order valence-corrected chi connectivity index (χ0v) is 16.9. The summed E-state index contributed by atoms with van der Waals surface area (Å²) in [5.74, 6) is 2.32. The lowest BCUT2D eigenvalue weighted by atomic mass is 9.98. The minimum atomic E-state index is -0.560. The molecule has 3 aromatic carbocycles. The van der Waals surface area contributed by atoms with E-state index in [2.05, 4.69) is 23.1 Å². The van der Waals surface area contributed by atoms with E-state index in [9.17, 15) is 5.11 Å². The highest BCUT2D eigenvalue weighted by Gasteiger charge is 2.21. The van der Waals surface area contributed by atoms with Gasteiger partial charge in [0.2, 0.25) is 0 Å². The van der Waals surface area contributed by atoms with Crippen LogP contribution in [-0.2, 0) is 13.0 Å². The molecule has 29 heavy (non-hydrogen) atoms. The quantitative estimate of drug-likeness (QED) is 0.664. The predicted octanol–water partition coefficient (Wildman–Crippen LogP) is 3.66. The van der Waals surface area contributed by atoms with Gasteiger partial charge in [-0.15, -0.1) is 0 Å². The maximum absolute atomic E-state index is 10.6. The van der Waals surface area contributed by atoms with E-state index >= 15 is 0 Å². The molecule has 1 atom stereocenters. The summed E-state index contributed by atoms with van der Waals surface area (Å²) < 4.78 is 16.8. The maximum atomic E-state index is 10.6. The highest BCUT2D eigenvalue weighted by molar-refractivity contribution is 5.88. The Labute approximate surface area is 171 Å². The van der Waals surface area contributed by atoms with Crippen molar-refractivity contribution >= 4 is 10.8 Å². The van der Waals surface area contributed by atoms with Crippen molar-refractivity contribution < 1.29 is 19.3 Å². The van der Waals surface area contributed by atoms with Crippen LogP contribution in [0.15, 0.2) is 54.6 Å². The summed E-state index contributed by atoms with van der Waals surface area (Å²) in [6, 6.07) is 18.2. The molecule has 1 aliphatic heterocycles. The van der Waals surface area contributed by atoms with Crippen LogP contribution in [0.3, 0.4) is 0 Å². The van der Waals surface area contributed by atoms with Crippen LogP contribution in [0, 0.1) is 0 Å². The minimum Gasteiger partial charge on any atom is -0.493 e.